The number of amides is 7. The second-order valence-corrected chi connectivity index (χ2v) is 20.1. The highest BCUT2D eigenvalue weighted by Gasteiger charge is 2.33. The van der Waals surface area contributed by atoms with E-state index in [1.165, 1.54) is 89.3 Å². The molecule has 0 bridgehead atoms. The van der Waals surface area contributed by atoms with Crippen molar-refractivity contribution in [3.63, 3.8) is 0 Å². The van der Waals surface area contributed by atoms with E-state index in [9.17, 15) is 48.6 Å². The number of thioether (sulfide) groups is 1. The van der Waals surface area contributed by atoms with Gasteiger partial charge in [-0.3, -0.25) is 28.8 Å². The van der Waals surface area contributed by atoms with Crippen molar-refractivity contribution in [1.29, 1.82) is 0 Å². The Bertz CT molecular complexity index is 1550. The number of rotatable bonds is 49. The lowest BCUT2D eigenvalue weighted by atomic mass is 10.0. The van der Waals surface area contributed by atoms with Gasteiger partial charge in [0, 0.05) is 25.0 Å². The first kappa shape index (κ1) is 69.7. The average Bonchev–Trinajstić information content (AvgIpc) is 3.37. The Balaban J connectivity index is 5.47. The number of carbonyl (C=O) groups excluding carboxylic acids is 7. The van der Waals surface area contributed by atoms with Gasteiger partial charge in [0.25, 0.3) is 0 Å². The maximum atomic E-state index is 14.0. The number of aliphatic carboxylic acids is 1. The topological polar surface area (TPSA) is 375 Å². The summed E-state index contributed by atoms with van der Waals surface area (Å²) < 4.78 is 5.30. The minimum Gasteiger partial charge on any atom is -0.480 e. The van der Waals surface area contributed by atoms with Crippen LogP contribution in [0.1, 0.15) is 181 Å². The molecule has 7 amide bonds. The molecule has 0 aliphatic heterocycles. The second kappa shape index (κ2) is 47.2. The third-order valence-electron chi connectivity index (χ3n) is 12.3. The third-order valence-corrected chi connectivity index (χ3v) is 13.4. The molecule has 6 atom stereocenters. The summed E-state index contributed by atoms with van der Waals surface area (Å²) in [6, 6.07) is -7.54. The molecule has 0 saturated carbocycles. The van der Waals surface area contributed by atoms with Gasteiger partial charge in [0.15, 0.2) is 0 Å². The van der Waals surface area contributed by atoms with Crippen LogP contribution < -0.4 is 60.2 Å². The summed E-state index contributed by atoms with van der Waals surface area (Å²) in [5, 5.41) is 38.2. The van der Waals surface area contributed by atoms with Crippen LogP contribution >= 0.6 is 11.8 Å². The molecule has 0 aliphatic rings. The van der Waals surface area contributed by atoms with Crippen molar-refractivity contribution in [3.8, 4) is 0 Å². The zero-order valence-corrected chi connectivity index (χ0v) is 45.8. The van der Waals surface area contributed by atoms with E-state index in [0.29, 0.717) is 83.4 Å². The Morgan fingerprint density at radius 2 is 0.811 bits per heavy atom. The SMILES string of the molecule is CCCCCCCCCCCCCCCCOC(=O)NCCSCC(NC(C)=O)C(=O)NC(CO)C(=O)NC(CCCCN)C(=O)NC(CCCCN)C(=O)NC(CCCCN)C(=O)NC(CCCCN)C(=O)O. The number of nitrogens with two attached hydrogens (primary N) is 4. The number of unbranched alkanes of at least 4 members (excludes halogenated alkanes) is 17. The number of carboxylic acid groups (broad SMARTS) is 1. The summed E-state index contributed by atoms with van der Waals surface area (Å²) in [5.74, 6) is -5.23. The minimum absolute atomic E-state index is 0.0587. The Kier molecular flexibility index (Phi) is 44.4. The Morgan fingerprint density at radius 3 is 1.19 bits per heavy atom. The van der Waals surface area contributed by atoms with Gasteiger partial charge in [0.1, 0.15) is 36.3 Å². The van der Waals surface area contributed by atoms with Crippen molar-refractivity contribution >= 4 is 59.3 Å². The predicted molar refractivity (Wildman–Crippen MR) is 291 cm³/mol. The van der Waals surface area contributed by atoms with Crippen molar-refractivity contribution < 1.29 is 53.3 Å². The molecular formula is C51H99N11O11S. The van der Waals surface area contributed by atoms with Gasteiger partial charge in [-0.15, -0.1) is 0 Å². The van der Waals surface area contributed by atoms with E-state index < -0.39 is 90.4 Å². The molecular weight excluding hydrogens is 975 g/mol. The van der Waals surface area contributed by atoms with Crippen LogP contribution in [0.25, 0.3) is 0 Å². The summed E-state index contributed by atoms with van der Waals surface area (Å²) in [5.41, 5.74) is 22.7. The quantitative estimate of drug-likeness (QED) is 0.0389. The van der Waals surface area contributed by atoms with Crippen molar-refractivity contribution in [1.82, 2.24) is 37.2 Å². The summed E-state index contributed by atoms with van der Waals surface area (Å²) in [7, 11) is 0. The highest BCUT2D eigenvalue weighted by molar-refractivity contribution is 7.99. The van der Waals surface area contributed by atoms with Crippen LogP contribution in [-0.2, 0) is 38.3 Å². The van der Waals surface area contributed by atoms with Crippen molar-refractivity contribution in [2.45, 2.75) is 217 Å². The van der Waals surface area contributed by atoms with E-state index in [-0.39, 0.29) is 44.5 Å². The molecule has 0 aliphatic carbocycles. The van der Waals surface area contributed by atoms with E-state index in [0.717, 1.165) is 19.3 Å². The maximum absolute atomic E-state index is 14.0. The van der Waals surface area contributed by atoms with Crippen LogP contribution in [0.5, 0.6) is 0 Å². The third kappa shape index (κ3) is 36.6. The largest absolute Gasteiger partial charge is 0.480 e. The standard InChI is InChI=1S/C51H99N11O11S/c1-3-4-5-6-7-8-9-10-11-12-13-14-15-24-34-73-51(72)56-33-35-74-37-44(57-38(2)64)49(69)62-43(36-63)48(68)60-40(26-17-21-30-53)46(66)58-39(25-16-20-29-52)45(65)59-41(27-18-22-31-54)47(67)61-42(50(70)71)28-19-23-32-55/h39-44,63H,3-37,52-55H2,1-2H3,(H,56,72)(H,57,64)(H,58,66)(H,59,65)(H,60,68)(H,61,67)(H,62,69)(H,70,71). The molecule has 0 rings (SSSR count). The highest BCUT2D eigenvalue weighted by atomic mass is 32.2. The molecule has 0 aromatic heterocycles. The number of aliphatic hydroxyl groups excluding tert-OH is 1. The van der Waals surface area contributed by atoms with Gasteiger partial charge >= 0.3 is 12.1 Å². The molecule has 23 heteroatoms. The molecule has 74 heavy (non-hydrogen) atoms. The molecule has 430 valence electrons. The van der Waals surface area contributed by atoms with Crippen LogP contribution in [0.4, 0.5) is 4.79 Å². The van der Waals surface area contributed by atoms with Gasteiger partial charge in [-0.1, -0.05) is 90.4 Å². The smallest absolute Gasteiger partial charge is 0.407 e. The Morgan fingerprint density at radius 1 is 0.459 bits per heavy atom. The minimum atomic E-state index is -1.55. The van der Waals surface area contributed by atoms with Gasteiger partial charge < -0.3 is 75.1 Å². The summed E-state index contributed by atoms with van der Waals surface area (Å²) >= 11 is 1.26. The number of carbonyl (C=O) groups is 8. The number of hydrogen-bond donors (Lipinski definition) is 13. The molecule has 0 aromatic carbocycles. The molecule has 6 unspecified atom stereocenters. The van der Waals surface area contributed by atoms with Gasteiger partial charge in [-0.25, -0.2) is 9.59 Å². The summed E-state index contributed by atoms with van der Waals surface area (Å²) in [4.78, 5) is 105. The van der Waals surface area contributed by atoms with Crippen LogP contribution in [0.2, 0.25) is 0 Å². The lowest BCUT2D eigenvalue weighted by Crippen LogP contribution is -2.60. The fraction of sp³-hybridized carbons (Fsp3) is 0.843. The molecule has 22 nitrogen and oxygen atoms in total. The number of carboxylic acids is 1. The number of nitrogens with one attached hydrogen (secondary N) is 7. The first-order chi connectivity index (χ1) is 35.7. The molecule has 0 saturated heterocycles. The van der Waals surface area contributed by atoms with E-state index >= 15 is 0 Å². The number of hydrogen-bond acceptors (Lipinski definition) is 15. The van der Waals surface area contributed by atoms with Crippen LogP contribution in [0.15, 0.2) is 0 Å². The molecule has 0 heterocycles. The van der Waals surface area contributed by atoms with Gasteiger partial charge in [-0.05, 0) is 110 Å². The van der Waals surface area contributed by atoms with E-state index in [4.69, 9.17) is 27.7 Å². The summed E-state index contributed by atoms with van der Waals surface area (Å²) in [6.45, 7) is 4.41. The lowest BCUT2D eigenvalue weighted by Gasteiger charge is -2.27. The fourth-order valence-electron chi connectivity index (χ4n) is 7.96. The van der Waals surface area contributed by atoms with Crippen molar-refractivity contribution in [2.24, 2.45) is 22.9 Å². The van der Waals surface area contributed by atoms with E-state index in [2.05, 4.69) is 44.1 Å². The van der Waals surface area contributed by atoms with E-state index in [1.807, 2.05) is 0 Å². The monoisotopic (exact) mass is 1070 g/mol. The Labute approximate surface area is 445 Å². The first-order valence-corrected chi connectivity index (χ1v) is 28.8. The van der Waals surface area contributed by atoms with Gasteiger partial charge in [-0.2, -0.15) is 11.8 Å². The van der Waals surface area contributed by atoms with Gasteiger partial charge in [0.2, 0.25) is 35.4 Å². The van der Waals surface area contributed by atoms with Crippen LogP contribution in [0, 0.1) is 0 Å². The van der Waals surface area contributed by atoms with Crippen molar-refractivity contribution in [3.05, 3.63) is 0 Å². The number of aliphatic hydroxyl groups is 1. The number of ether oxygens (including phenoxy) is 1. The predicted octanol–water partition coefficient (Wildman–Crippen LogP) is 2.45. The summed E-state index contributed by atoms with van der Waals surface area (Å²) in [6.07, 6.45) is 20.8. The fourth-order valence-corrected chi connectivity index (χ4v) is 8.84. The van der Waals surface area contributed by atoms with E-state index in [1.54, 1.807) is 0 Å². The first-order valence-electron chi connectivity index (χ1n) is 27.6. The lowest BCUT2D eigenvalue weighted by molar-refractivity contribution is -0.142. The van der Waals surface area contributed by atoms with Gasteiger partial charge in [0.05, 0.1) is 13.2 Å². The van der Waals surface area contributed by atoms with Crippen LogP contribution in [0.3, 0.4) is 0 Å². The van der Waals surface area contributed by atoms with Crippen LogP contribution in [-0.4, -0.2) is 151 Å². The number of alkyl carbamates (subject to hydrolysis) is 1. The average molecular weight is 1070 g/mol. The normalized spacial score (nSPS) is 13.6. The van der Waals surface area contributed by atoms with Crippen molar-refractivity contribution in [2.75, 3.05) is 57.4 Å². The maximum Gasteiger partial charge on any atom is 0.407 e. The molecule has 17 N–H and O–H groups in total. The molecule has 0 radical (unpaired) electrons. The molecule has 0 spiro atoms. The second-order valence-electron chi connectivity index (χ2n) is 19.0. The highest BCUT2D eigenvalue weighted by Crippen LogP contribution is 2.14. The Hall–Kier alpha value is -4.29. The zero-order chi connectivity index (χ0) is 55.2. The molecule has 0 fully saturated rings. The molecule has 0 aromatic rings. The zero-order valence-electron chi connectivity index (χ0n) is 45.0.